The fourth-order valence-electron chi connectivity index (χ4n) is 3.82. The Morgan fingerprint density at radius 3 is 2.74 bits per heavy atom. The molecule has 2 atom stereocenters. The standard InChI is InChI=1S/C27H29NO6/c1-18-7-11-24(27(30)31)26(13-18)33-22-10-12-25-19(14-22)8-9-23(34-25)16-28-15-20(29)17-32-21-5-3-2-4-6-21/h2-7,10-14,20,23,28-29H,8-9,15-17H2,1H3,(H,30,31)/t20-,23+/m0/s1. The van der Waals surface area contributed by atoms with Crippen molar-refractivity contribution in [2.45, 2.75) is 32.0 Å². The lowest BCUT2D eigenvalue weighted by atomic mass is 10.0. The Balaban J connectivity index is 1.27. The van der Waals surface area contributed by atoms with Gasteiger partial charge >= 0.3 is 5.97 Å². The summed E-state index contributed by atoms with van der Waals surface area (Å²) in [4.78, 5) is 11.5. The van der Waals surface area contributed by atoms with E-state index in [0.29, 0.717) is 24.6 Å². The molecule has 0 bridgehead atoms. The van der Waals surface area contributed by atoms with Crippen LogP contribution in [0.15, 0.2) is 66.7 Å². The summed E-state index contributed by atoms with van der Waals surface area (Å²) >= 11 is 0. The fraction of sp³-hybridized carbons (Fsp3) is 0.296. The molecule has 0 saturated heterocycles. The van der Waals surface area contributed by atoms with Gasteiger partial charge in [-0.2, -0.15) is 0 Å². The van der Waals surface area contributed by atoms with E-state index in [2.05, 4.69) is 5.32 Å². The summed E-state index contributed by atoms with van der Waals surface area (Å²) in [6.07, 6.45) is 1.02. The third-order valence-electron chi connectivity index (χ3n) is 5.59. The van der Waals surface area contributed by atoms with E-state index < -0.39 is 12.1 Å². The predicted molar refractivity (Wildman–Crippen MR) is 128 cm³/mol. The lowest BCUT2D eigenvalue weighted by molar-refractivity contribution is 0.0694. The number of aliphatic hydroxyl groups excluding tert-OH is 1. The summed E-state index contributed by atoms with van der Waals surface area (Å²) in [6, 6.07) is 20.0. The largest absolute Gasteiger partial charge is 0.491 e. The van der Waals surface area contributed by atoms with Crippen molar-refractivity contribution in [3.05, 3.63) is 83.4 Å². The number of aliphatic hydroxyl groups is 1. The van der Waals surface area contributed by atoms with Crippen molar-refractivity contribution < 1.29 is 29.2 Å². The van der Waals surface area contributed by atoms with E-state index in [1.54, 1.807) is 24.3 Å². The minimum Gasteiger partial charge on any atom is -0.491 e. The first-order chi connectivity index (χ1) is 16.5. The highest BCUT2D eigenvalue weighted by Crippen LogP contribution is 2.34. The van der Waals surface area contributed by atoms with Crippen molar-refractivity contribution >= 4 is 5.97 Å². The third-order valence-corrected chi connectivity index (χ3v) is 5.59. The molecule has 0 aliphatic carbocycles. The van der Waals surface area contributed by atoms with E-state index in [4.69, 9.17) is 14.2 Å². The molecule has 0 radical (unpaired) electrons. The van der Waals surface area contributed by atoms with Crippen LogP contribution in [0.25, 0.3) is 0 Å². The van der Waals surface area contributed by atoms with E-state index in [9.17, 15) is 15.0 Å². The van der Waals surface area contributed by atoms with Crippen molar-refractivity contribution in [3.63, 3.8) is 0 Å². The quantitative estimate of drug-likeness (QED) is 0.414. The molecule has 7 nitrogen and oxygen atoms in total. The van der Waals surface area contributed by atoms with Crippen molar-refractivity contribution in [2.75, 3.05) is 19.7 Å². The molecule has 1 heterocycles. The lowest BCUT2D eigenvalue weighted by Gasteiger charge is -2.27. The first-order valence-corrected chi connectivity index (χ1v) is 11.4. The Morgan fingerprint density at radius 1 is 1.12 bits per heavy atom. The van der Waals surface area contributed by atoms with Crippen LogP contribution in [0.1, 0.15) is 27.9 Å². The lowest BCUT2D eigenvalue weighted by Crippen LogP contribution is -2.39. The number of para-hydroxylation sites is 1. The normalized spacial score (nSPS) is 15.6. The number of hydrogen-bond donors (Lipinski definition) is 3. The van der Waals surface area contributed by atoms with E-state index >= 15 is 0 Å². The molecule has 0 aromatic heterocycles. The maximum atomic E-state index is 11.5. The van der Waals surface area contributed by atoms with Crippen LogP contribution in [0.2, 0.25) is 0 Å². The van der Waals surface area contributed by atoms with E-state index in [0.717, 1.165) is 35.5 Å². The van der Waals surface area contributed by atoms with Gasteiger partial charge in [0.25, 0.3) is 0 Å². The number of carboxylic acid groups (broad SMARTS) is 1. The fourth-order valence-corrected chi connectivity index (χ4v) is 3.82. The third kappa shape index (κ3) is 6.27. The molecule has 0 saturated carbocycles. The Labute approximate surface area is 198 Å². The highest BCUT2D eigenvalue weighted by Gasteiger charge is 2.21. The first-order valence-electron chi connectivity index (χ1n) is 11.4. The number of carbonyl (C=O) groups is 1. The second-order valence-electron chi connectivity index (χ2n) is 8.39. The van der Waals surface area contributed by atoms with Crippen LogP contribution >= 0.6 is 0 Å². The van der Waals surface area contributed by atoms with Crippen LogP contribution in [-0.2, 0) is 6.42 Å². The molecule has 0 spiro atoms. The number of benzene rings is 3. The Kier molecular flexibility index (Phi) is 7.67. The SMILES string of the molecule is Cc1ccc(C(=O)O)c(Oc2ccc3c(c2)CC[C@H](CNC[C@H](O)COc2ccccc2)O3)c1. The number of aryl methyl sites for hydroxylation is 2. The number of aromatic carboxylic acids is 1. The van der Waals surface area contributed by atoms with Crippen molar-refractivity contribution in [1.82, 2.24) is 5.32 Å². The van der Waals surface area contributed by atoms with E-state index in [1.165, 1.54) is 0 Å². The van der Waals surface area contributed by atoms with Gasteiger partial charge < -0.3 is 29.7 Å². The van der Waals surface area contributed by atoms with Gasteiger partial charge in [0.1, 0.15) is 47.4 Å². The molecule has 1 aliphatic rings. The zero-order chi connectivity index (χ0) is 23.9. The van der Waals surface area contributed by atoms with Gasteiger partial charge in [0, 0.05) is 13.1 Å². The molecule has 178 valence electrons. The van der Waals surface area contributed by atoms with Crippen molar-refractivity contribution in [2.24, 2.45) is 0 Å². The van der Waals surface area contributed by atoms with Gasteiger partial charge in [-0.15, -0.1) is 0 Å². The summed E-state index contributed by atoms with van der Waals surface area (Å²) in [6.45, 7) is 3.14. The van der Waals surface area contributed by atoms with Gasteiger partial charge in [-0.05, 0) is 73.4 Å². The average molecular weight is 464 g/mol. The molecular weight excluding hydrogens is 434 g/mol. The number of rotatable bonds is 10. The summed E-state index contributed by atoms with van der Waals surface area (Å²) in [5.41, 5.74) is 2.07. The predicted octanol–water partition coefficient (Wildman–Crippen LogP) is 4.21. The smallest absolute Gasteiger partial charge is 0.339 e. The molecule has 4 rings (SSSR count). The highest BCUT2D eigenvalue weighted by molar-refractivity contribution is 5.91. The molecule has 0 amide bonds. The summed E-state index contributed by atoms with van der Waals surface area (Å²) in [7, 11) is 0. The molecule has 3 aromatic rings. The highest BCUT2D eigenvalue weighted by atomic mass is 16.5. The van der Waals surface area contributed by atoms with Gasteiger partial charge in [0.15, 0.2) is 0 Å². The molecule has 3 aromatic carbocycles. The second kappa shape index (κ2) is 11.0. The van der Waals surface area contributed by atoms with Crippen LogP contribution < -0.4 is 19.5 Å². The van der Waals surface area contributed by atoms with Gasteiger partial charge in [-0.3, -0.25) is 0 Å². The number of fused-ring (bicyclic) bond motifs is 1. The van der Waals surface area contributed by atoms with Crippen molar-refractivity contribution in [3.8, 4) is 23.0 Å². The van der Waals surface area contributed by atoms with Crippen molar-refractivity contribution in [1.29, 1.82) is 0 Å². The van der Waals surface area contributed by atoms with Gasteiger partial charge in [0.2, 0.25) is 0 Å². The average Bonchev–Trinajstić information content (AvgIpc) is 2.83. The van der Waals surface area contributed by atoms with Gasteiger partial charge in [0.05, 0.1) is 0 Å². The first kappa shape index (κ1) is 23.6. The monoisotopic (exact) mass is 463 g/mol. The van der Waals surface area contributed by atoms with E-state index in [1.807, 2.05) is 49.4 Å². The number of carboxylic acids is 1. The van der Waals surface area contributed by atoms with Crippen LogP contribution in [0.4, 0.5) is 0 Å². The summed E-state index contributed by atoms with van der Waals surface area (Å²) in [5.74, 6) is 1.40. The molecular formula is C27H29NO6. The summed E-state index contributed by atoms with van der Waals surface area (Å²) in [5, 5.41) is 22.8. The minimum atomic E-state index is -1.02. The summed E-state index contributed by atoms with van der Waals surface area (Å²) < 4.78 is 17.6. The molecule has 0 unspecified atom stereocenters. The number of hydrogen-bond acceptors (Lipinski definition) is 6. The van der Waals surface area contributed by atoms with Gasteiger partial charge in [-0.1, -0.05) is 24.3 Å². The Hall–Kier alpha value is -3.55. The molecule has 1 aliphatic heterocycles. The topological polar surface area (TPSA) is 97.3 Å². The van der Waals surface area contributed by atoms with Crippen LogP contribution in [0.5, 0.6) is 23.0 Å². The zero-order valence-corrected chi connectivity index (χ0v) is 19.1. The maximum Gasteiger partial charge on any atom is 0.339 e. The molecule has 0 fully saturated rings. The van der Waals surface area contributed by atoms with Crippen LogP contribution in [0, 0.1) is 6.92 Å². The van der Waals surface area contributed by atoms with Crippen LogP contribution in [-0.4, -0.2) is 48.1 Å². The maximum absolute atomic E-state index is 11.5. The molecule has 3 N–H and O–H groups in total. The molecule has 7 heteroatoms. The van der Waals surface area contributed by atoms with Crippen LogP contribution in [0.3, 0.4) is 0 Å². The number of ether oxygens (including phenoxy) is 3. The zero-order valence-electron chi connectivity index (χ0n) is 19.1. The minimum absolute atomic E-state index is 0.00287. The van der Waals surface area contributed by atoms with Gasteiger partial charge in [-0.25, -0.2) is 4.79 Å². The molecule has 34 heavy (non-hydrogen) atoms. The van der Waals surface area contributed by atoms with E-state index in [-0.39, 0.29) is 18.3 Å². The number of nitrogens with one attached hydrogen (secondary N) is 1. The Morgan fingerprint density at radius 2 is 1.94 bits per heavy atom. The second-order valence-corrected chi connectivity index (χ2v) is 8.39. The Bertz CT molecular complexity index is 1120.